The zero-order valence-corrected chi connectivity index (χ0v) is 13.0. The van der Waals surface area contributed by atoms with Crippen LogP contribution in [0.15, 0.2) is 36.4 Å². The largest absolute Gasteiger partial charge is 0.490 e. The zero-order chi connectivity index (χ0) is 15.5. The van der Waals surface area contributed by atoms with Crippen LogP contribution in [0.1, 0.15) is 12.5 Å². The highest BCUT2D eigenvalue weighted by Gasteiger charge is 2.16. The molecule has 0 aliphatic carbocycles. The van der Waals surface area contributed by atoms with Crippen LogP contribution in [-0.4, -0.2) is 30.0 Å². The molecule has 0 fully saturated rings. The molecule has 0 unspecified atom stereocenters. The molecule has 0 saturated heterocycles. The number of methoxy groups -OCH3 is 1. The molecule has 0 radical (unpaired) electrons. The molecule has 2 aromatic carbocycles. The highest BCUT2D eigenvalue weighted by atomic mass is 16.5. The number of aromatic nitrogens is 1. The fraction of sp³-hybridized carbons (Fsp3) is 0.333. The Morgan fingerprint density at radius 2 is 1.86 bits per heavy atom. The van der Waals surface area contributed by atoms with Gasteiger partial charge in [-0.1, -0.05) is 24.3 Å². The van der Waals surface area contributed by atoms with Gasteiger partial charge in [-0.3, -0.25) is 0 Å². The van der Waals surface area contributed by atoms with Crippen molar-refractivity contribution >= 4 is 21.8 Å². The lowest BCUT2D eigenvalue weighted by Gasteiger charge is -2.12. The minimum absolute atomic E-state index is 0.0378. The molecule has 22 heavy (non-hydrogen) atoms. The molecule has 0 spiro atoms. The third-order valence-electron chi connectivity index (χ3n) is 3.99. The van der Waals surface area contributed by atoms with E-state index in [2.05, 4.69) is 29.7 Å². The van der Waals surface area contributed by atoms with Crippen molar-refractivity contribution in [1.82, 2.24) is 4.57 Å². The predicted octanol–water partition coefficient (Wildman–Crippen LogP) is 3.33. The first-order valence-electron chi connectivity index (χ1n) is 7.57. The van der Waals surface area contributed by atoms with Crippen LogP contribution in [0.5, 0.6) is 5.75 Å². The zero-order valence-electron chi connectivity index (χ0n) is 13.0. The number of aryl methyl sites for hydroxylation is 1. The van der Waals surface area contributed by atoms with Crippen molar-refractivity contribution in [3.05, 3.63) is 42.0 Å². The fourth-order valence-electron chi connectivity index (χ4n) is 3.01. The molecule has 0 bridgehead atoms. The summed E-state index contributed by atoms with van der Waals surface area (Å²) in [6, 6.07) is 12.3. The highest BCUT2D eigenvalue weighted by Crippen LogP contribution is 2.38. The van der Waals surface area contributed by atoms with Gasteiger partial charge >= 0.3 is 0 Å². The maximum atomic E-state index is 9.65. The molecule has 4 heteroatoms. The lowest BCUT2D eigenvalue weighted by molar-refractivity contribution is 0.145. The van der Waals surface area contributed by atoms with Gasteiger partial charge in [0.05, 0.1) is 18.7 Å². The van der Waals surface area contributed by atoms with E-state index in [4.69, 9.17) is 9.47 Å². The Bertz CT molecular complexity index is 792. The van der Waals surface area contributed by atoms with E-state index in [1.165, 1.54) is 5.52 Å². The molecule has 0 aliphatic heterocycles. The summed E-state index contributed by atoms with van der Waals surface area (Å²) in [5, 5.41) is 11.9. The van der Waals surface area contributed by atoms with Crippen LogP contribution < -0.4 is 4.74 Å². The Morgan fingerprint density at radius 3 is 2.59 bits per heavy atom. The highest BCUT2D eigenvalue weighted by molar-refractivity contribution is 6.11. The molecular weight excluding hydrogens is 278 g/mol. The standard InChI is InChI=1S/C18H21NO3/c1-3-19-15-7-5-4-6-14(15)17-16(19)9-8-13(12-20)18(17)22-11-10-21-2/h4-9,20H,3,10-12H2,1-2H3. The van der Waals surface area contributed by atoms with Gasteiger partial charge in [-0.25, -0.2) is 0 Å². The molecule has 3 rings (SSSR count). The van der Waals surface area contributed by atoms with Crippen molar-refractivity contribution in [2.24, 2.45) is 0 Å². The van der Waals surface area contributed by atoms with Crippen LogP contribution in [-0.2, 0) is 17.9 Å². The number of fused-ring (bicyclic) bond motifs is 3. The number of aliphatic hydroxyl groups excluding tert-OH is 1. The Morgan fingerprint density at radius 1 is 1.05 bits per heavy atom. The summed E-state index contributed by atoms with van der Waals surface area (Å²) in [5.74, 6) is 0.764. The first-order valence-corrected chi connectivity index (χ1v) is 7.57. The van der Waals surface area contributed by atoms with Crippen molar-refractivity contribution in [3.8, 4) is 5.75 Å². The quantitative estimate of drug-likeness (QED) is 0.710. The summed E-state index contributed by atoms with van der Waals surface area (Å²) in [4.78, 5) is 0. The number of hydrogen-bond donors (Lipinski definition) is 1. The number of aliphatic hydroxyl groups is 1. The van der Waals surface area contributed by atoms with Crippen LogP contribution in [0.3, 0.4) is 0 Å². The maximum Gasteiger partial charge on any atom is 0.134 e. The Balaban J connectivity index is 2.29. The number of ether oxygens (including phenoxy) is 2. The third kappa shape index (κ3) is 2.34. The second-order valence-corrected chi connectivity index (χ2v) is 5.21. The monoisotopic (exact) mass is 299 g/mol. The van der Waals surface area contributed by atoms with Crippen molar-refractivity contribution in [2.75, 3.05) is 20.3 Å². The molecule has 1 N–H and O–H groups in total. The van der Waals surface area contributed by atoms with Gasteiger partial charge in [0.25, 0.3) is 0 Å². The number of nitrogens with zero attached hydrogens (tertiary/aromatic N) is 1. The first kappa shape index (κ1) is 14.9. The minimum atomic E-state index is -0.0378. The lowest BCUT2D eigenvalue weighted by Crippen LogP contribution is -2.06. The summed E-state index contributed by atoms with van der Waals surface area (Å²) < 4.78 is 13.3. The normalized spacial score (nSPS) is 11.4. The van der Waals surface area contributed by atoms with Gasteiger partial charge in [0.15, 0.2) is 0 Å². The van der Waals surface area contributed by atoms with Crippen molar-refractivity contribution in [2.45, 2.75) is 20.1 Å². The van der Waals surface area contributed by atoms with E-state index >= 15 is 0 Å². The van der Waals surface area contributed by atoms with E-state index in [1.807, 2.05) is 18.2 Å². The molecule has 0 atom stereocenters. The van der Waals surface area contributed by atoms with E-state index in [0.29, 0.717) is 13.2 Å². The molecule has 0 aliphatic rings. The number of para-hydroxylation sites is 1. The van der Waals surface area contributed by atoms with Crippen molar-refractivity contribution in [3.63, 3.8) is 0 Å². The van der Waals surface area contributed by atoms with Gasteiger partial charge in [-0.2, -0.15) is 0 Å². The molecule has 4 nitrogen and oxygen atoms in total. The second kappa shape index (κ2) is 6.38. The lowest BCUT2D eigenvalue weighted by atomic mass is 10.1. The summed E-state index contributed by atoms with van der Waals surface area (Å²) in [6.07, 6.45) is 0. The fourth-order valence-corrected chi connectivity index (χ4v) is 3.01. The third-order valence-corrected chi connectivity index (χ3v) is 3.99. The minimum Gasteiger partial charge on any atom is -0.490 e. The average Bonchev–Trinajstić information content (AvgIpc) is 2.89. The SMILES string of the molecule is CCn1c2ccccc2c2c(OCCOC)c(CO)ccc21. The topological polar surface area (TPSA) is 43.6 Å². The number of hydrogen-bond acceptors (Lipinski definition) is 3. The van der Waals surface area contributed by atoms with Crippen LogP contribution in [0, 0.1) is 0 Å². The van der Waals surface area contributed by atoms with Gasteiger partial charge in [0, 0.05) is 35.5 Å². The smallest absolute Gasteiger partial charge is 0.134 e. The molecule has 1 heterocycles. The maximum absolute atomic E-state index is 9.65. The molecule has 0 amide bonds. The van der Waals surface area contributed by atoms with Gasteiger partial charge in [0.2, 0.25) is 0 Å². The summed E-state index contributed by atoms with van der Waals surface area (Å²) in [5.41, 5.74) is 3.13. The molecular formula is C18H21NO3. The summed E-state index contributed by atoms with van der Waals surface area (Å²) in [7, 11) is 1.65. The first-order chi connectivity index (χ1) is 10.8. The molecule has 116 valence electrons. The Kier molecular flexibility index (Phi) is 4.32. The van der Waals surface area contributed by atoms with E-state index < -0.39 is 0 Å². The molecule has 1 aromatic heterocycles. The Hall–Kier alpha value is -2.04. The van der Waals surface area contributed by atoms with Crippen LogP contribution in [0.25, 0.3) is 21.8 Å². The van der Waals surface area contributed by atoms with Gasteiger partial charge in [0.1, 0.15) is 12.4 Å². The molecule has 0 saturated carbocycles. The second-order valence-electron chi connectivity index (χ2n) is 5.21. The Labute approximate surface area is 129 Å². The van der Waals surface area contributed by atoms with Gasteiger partial charge in [-0.15, -0.1) is 0 Å². The van der Waals surface area contributed by atoms with Crippen molar-refractivity contribution < 1.29 is 14.6 Å². The average molecular weight is 299 g/mol. The van der Waals surface area contributed by atoms with Gasteiger partial charge < -0.3 is 19.1 Å². The van der Waals surface area contributed by atoms with Gasteiger partial charge in [-0.05, 0) is 19.1 Å². The summed E-state index contributed by atoms with van der Waals surface area (Å²) >= 11 is 0. The van der Waals surface area contributed by atoms with E-state index in [1.54, 1.807) is 7.11 Å². The number of benzene rings is 2. The van der Waals surface area contributed by atoms with Crippen LogP contribution >= 0.6 is 0 Å². The van der Waals surface area contributed by atoms with Crippen LogP contribution in [0.2, 0.25) is 0 Å². The van der Waals surface area contributed by atoms with Crippen molar-refractivity contribution in [1.29, 1.82) is 0 Å². The number of rotatable bonds is 6. The van der Waals surface area contributed by atoms with E-state index in [0.717, 1.165) is 34.1 Å². The van der Waals surface area contributed by atoms with E-state index in [9.17, 15) is 5.11 Å². The molecule has 3 aromatic rings. The summed E-state index contributed by atoms with van der Waals surface area (Å²) in [6.45, 7) is 3.98. The van der Waals surface area contributed by atoms with Crippen LogP contribution in [0.4, 0.5) is 0 Å². The van der Waals surface area contributed by atoms with E-state index in [-0.39, 0.29) is 6.61 Å². The predicted molar refractivity (Wildman–Crippen MR) is 88.4 cm³/mol.